The zero-order valence-corrected chi connectivity index (χ0v) is 17.1. The lowest BCUT2D eigenvalue weighted by Crippen LogP contribution is -2.36. The first-order valence-electron chi connectivity index (χ1n) is 8.76. The maximum absolute atomic E-state index is 12.8. The fraction of sp³-hybridized carbons (Fsp3) is 0.316. The summed E-state index contributed by atoms with van der Waals surface area (Å²) in [5.74, 6) is 0.450. The standard InChI is InChI=1S/C19H21ClN2O5S/c1-3-26-16-7-5-4-6-14(16)21-19(23)18-10-11-22(28(2,24)25)15-12-13(20)8-9-17(15)27-18/h4-9,12,18H,3,10-11H2,1-2H3,(H,21,23). The Morgan fingerprint density at radius 3 is 2.79 bits per heavy atom. The van der Waals surface area contributed by atoms with Crippen LogP contribution in [0, 0.1) is 0 Å². The van der Waals surface area contributed by atoms with Gasteiger partial charge in [-0.05, 0) is 37.3 Å². The quantitative estimate of drug-likeness (QED) is 0.796. The number of ether oxygens (including phenoxy) is 2. The lowest BCUT2D eigenvalue weighted by atomic mass is 10.2. The maximum Gasteiger partial charge on any atom is 0.265 e. The monoisotopic (exact) mass is 424 g/mol. The molecule has 0 fully saturated rings. The van der Waals surface area contributed by atoms with E-state index in [9.17, 15) is 13.2 Å². The number of rotatable bonds is 5. The zero-order chi connectivity index (χ0) is 20.3. The van der Waals surface area contributed by atoms with Crippen molar-refractivity contribution < 1.29 is 22.7 Å². The minimum atomic E-state index is -3.56. The van der Waals surface area contributed by atoms with Crippen molar-refractivity contribution in [2.75, 3.05) is 29.0 Å². The number of hydrogen-bond donors (Lipinski definition) is 1. The van der Waals surface area contributed by atoms with Crippen LogP contribution < -0.4 is 19.1 Å². The van der Waals surface area contributed by atoms with Crippen molar-refractivity contribution in [1.29, 1.82) is 0 Å². The molecule has 1 aliphatic heterocycles. The molecule has 2 aromatic rings. The molecule has 9 heteroatoms. The summed E-state index contributed by atoms with van der Waals surface area (Å²) in [6, 6.07) is 11.8. The number of para-hydroxylation sites is 2. The Bertz CT molecular complexity index is 980. The van der Waals surface area contributed by atoms with Crippen molar-refractivity contribution >= 4 is 38.9 Å². The van der Waals surface area contributed by atoms with Gasteiger partial charge in [-0.2, -0.15) is 0 Å². The summed E-state index contributed by atoms with van der Waals surface area (Å²) in [5, 5.41) is 3.18. The highest BCUT2D eigenvalue weighted by Gasteiger charge is 2.31. The number of halogens is 1. The normalized spacial score (nSPS) is 16.5. The van der Waals surface area contributed by atoms with E-state index in [1.165, 1.54) is 10.4 Å². The molecule has 1 unspecified atom stereocenters. The molecular weight excluding hydrogens is 404 g/mol. The second-order valence-electron chi connectivity index (χ2n) is 6.26. The van der Waals surface area contributed by atoms with Gasteiger partial charge in [-0.25, -0.2) is 8.42 Å². The molecule has 0 saturated carbocycles. The lowest BCUT2D eigenvalue weighted by Gasteiger charge is -2.21. The van der Waals surface area contributed by atoms with Gasteiger partial charge in [0.2, 0.25) is 10.0 Å². The molecule has 3 rings (SSSR count). The highest BCUT2D eigenvalue weighted by Crippen LogP contribution is 2.36. The number of carbonyl (C=O) groups is 1. The van der Waals surface area contributed by atoms with Crippen LogP contribution in [0.3, 0.4) is 0 Å². The van der Waals surface area contributed by atoms with E-state index in [0.29, 0.717) is 28.8 Å². The highest BCUT2D eigenvalue weighted by molar-refractivity contribution is 7.92. The number of nitrogens with zero attached hydrogens (tertiary/aromatic N) is 1. The van der Waals surface area contributed by atoms with Crippen LogP contribution in [0.15, 0.2) is 42.5 Å². The highest BCUT2D eigenvalue weighted by atomic mass is 35.5. The Balaban J connectivity index is 1.87. The molecule has 0 radical (unpaired) electrons. The van der Waals surface area contributed by atoms with E-state index in [0.717, 1.165) is 6.26 Å². The van der Waals surface area contributed by atoms with E-state index in [1.54, 1.807) is 30.3 Å². The molecule has 1 atom stereocenters. The van der Waals surface area contributed by atoms with Crippen molar-refractivity contribution in [1.82, 2.24) is 0 Å². The third-order valence-electron chi connectivity index (χ3n) is 4.19. The van der Waals surface area contributed by atoms with Gasteiger partial charge in [0.25, 0.3) is 5.91 Å². The topological polar surface area (TPSA) is 84.9 Å². The summed E-state index contributed by atoms with van der Waals surface area (Å²) in [5.41, 5.74) is 0.846. The molecule has 1 heterocycles. The fourth-order valence-corrected chi connectivity index (χ4v) is 4.05. The number of anilines is 2. The van der Waals surface area contributed by atoms with Gasteiger partial charge in [0.05, 0.1) is 24.2 Å². The van der Waals surface area contributed by atoms with Gasteiger partial charge in [0.15, 0.2) is 6.10 Å². The molecule has 28 heavy (non-hydrogen) atoms. The van der Waals surface area contributed by atoms with Gasteiger partial charge in [0, 0.05) is 18.0 Å². The van der Waals surface area contributed by atoms with Crippen LogP contribution in [-0.4, -0.2) is 39.8 Å². The minimum absolute atomic E-state index is 0.0946. The van der Waals surface area contributed by atoms with Gasteiger partial charge in [-0.15, -0.1) is 0 Å². The maximum atomic E-state index is 12.8. The summed E-state index contributed by atoms with van der Waals surface area (Å²) < 4.78 is 37.0. The Morgan fingerprint density at radius 1 is 1.32 bits per heavy atom. The van der Waals surface area contributed by atoms with Crippen LogP contribution in [0.2, 0.25) is 5.02 Å². The smallest absolute Gasteiger partial charge is 0.265 e. The molecule has 1 aliphatic rings. The lowest BCUT2D eigenvalue weighted by molar-refractivity contribution is -0.122. The number of hydrogen-bond acceptors (Lipinski definition) is 5. The van der Waals surface area contributed by atoms with Gasteiger partial charge in [0.1, 0.15) is 11.5 Å². The second kappa shape index (κ2) is 8.28. The van der Waals surface area contributed by atoms with Crippen LogP contribution >= 0.6 is 11.6 Å². The fourth-order valence-electron chi connectivity index (χ4n) is 2.95. The molecule has 150 valence electrons. The van der Waals surface area contributed by atoms with Crippen molar-refractivity contribution in [3.63, 3.8) is 0 Å². The Kier molecular flexibility index (Phi) is 6.00. The summed E-state index contributed by atoms with van der Waals surface area (Å²) >= 11 is 6.03. The van der Waals surface area contributed by atoms with Crippen LogP contribution in [-0.2, 0) is 14.8 Å². The molecule has 1 amide bonds. The van der Waals surface area contributed by atoms with E-state index in [4.69, 9.17) is 21.1 Å². The third-order valence-corrected chi connectivity index (χ3v) is 5.61. The summed E-state index contributed by atoms with van der Waals surface area (Å²) in [6.45, 7) is 2.41. The molecule has 1 N–H and O–H groups in total. The van der Waals surface area contributed by atoms with Crippen LogP contribution in [0.25, 0.3) is 0 Å². The molecule has 0 spiro atoms. The summed E-state index contributed by atoms with van der Waals surface area (Å²) in [6.07, 6.45) is 0.416. The first-order valence-corrected chi connectivity index (χ1v) is 11.0. The van der Waals surface area contributed by atoms with E-state index in [2.05, 4.69) is 5.32 Å². The summed E-state index contributed by atoms with van der Waals surface area (Å²) in [4.78, 5) is 12.8. The number of fused-ring (bicyclic) bond motifs is 1. The molecule has 7 nitrogen and oxygen atoms in total. The Labute approximate surface area is 169 Å². The molecule has 2 aromatic carbocycles. The number of benzene rings is 2. The minimum Gasteiger partial charge on any atom is -0.492 e. The average Bonchev–Trinajstić information content (AvgIpc) is 2.82. The van der Waals surface area contributed by atoms with E-state index in [1.807, 2.05) is 13.0 Å². The number of carbonyl (C=O) groups excluding carboxylic acids is 1. The zero-order valence-electron chi connectivity index (χ0n) is 15.5. The molecule has 0 bridgehead atoms. The Morgan fingerprint density at radius 2 is 2.07 bits per heavy atom. The number of sulfonamides is 1. The first-order chi connectivity index (χ1) is 13.3. The van der Waals surface area contributed by atoms with E-state index in [-0.39, 0.29) is 24.6 Å². The SMILES string of the molecule is CCOc1ccccc1NC(=O)C1CCN(S(C)(=O)=O)c2cc(Cl)ccc2O1. The molecule has 0 aliphatic carbocycles. The number of nitrogens with one attached hydrogen (secondary N) is 1. The van der Waals surface area contributed by atoms with Gasteiger partial charge in [-0.3, -0.25) is 9.10 Å². The van der Waals surface area contributed by atoms with Gasteiger partial charge >= 0.3 is 0 Å². The largest absolute Gasteiger partial charge is 0.492 e. The first kappa shape index (κ1) is 20.3. The van der Waals surface area contributed by atoms with Gasteiger partial charge in [-0.1, -0.05) is 23.7 Å². The summed E-state index contributed by atoms with van der Waals surface area (Å²) in [7, 11) is -3.56. The predicted molar refractivity (Wildman–Crippen MR) is 109 cm³/mol. The van der Waals surface area contributed by atoms with Gasteiger partial charge < -0.3 is 14.8 Å². The molecular formula is C19H21ClN2O5S. The second-order valence-corrected chi connectivity index (χ2v) is 8.60. The van der Waals surface area contributed by atoms with Crippen LogP contribution in [0.4, 0.5) is 11.4 Å². The van der Waals surface area contributed by atoms with Crippen LogP contribution in [0.5, 0.6) is 11.5 Å². The Hall–Kier alpha value is -2.45. The molecule has 0 aromatic heterocycles. The van der Waals surface area contributed by atoms with E-state index < -0.39 is 16.1 Å². The average molecular weight is 425 g/mol. The van der Waals surface area contributed by atoms with Crippen molar-refractivity contribution in [3.05, 3.63) is 47.5 Å². The third kappa shape index (κ3) is 4.51. The van der Waals surface area contributed by atoms with Crippen molar-refractivity contribution in [2.45, 2.75) is 19.4 Å². The van der Waals surface area contributed by atoms with E-state index >= 15 is 0 Å². The number of amides is 1. The van der Waals surface area contributed by atoms with Crippen molar-refractivity contribution in [2.24, 2.45) is 0 Å². The van der Waals surface area contributed by atoms with Crippen molar-refractivity contribution in [3.8, 4) is 11.5 Å². The molecule has 0 saturated heterocycles. The van der Waals surface area contributed by atoms with Crippen LogP contribution in [0.1, 0.15) is 13.3 Å². The predicted octanol–water partition coefficient (Wildman–Crippen LogP) is 3.29.